The topological polar surface area (TPSA) is 50.1 Å². The Bertz CT molecular complexity index is 160. The molecule has 1 aliphatic rings. The van der Waals surface area contributed by atoms with Gasteiger partial charge < -0.3 is 16.4 Å². The van der Waals surface area contributed by atoms with Gasteiger partial charge in [-0.15, -0.1) is 0 Å². The fraction of sp³-hybridized carbons (Fsp3) is 1.00. The molecule has 0 bridgehead atoms. The zero-order valence-electron chi connectivity index (χ0n) is 9.77. The second-order valence-corrected chi connectivity index (χ2v) is 5.28. The molecule has 3 nitrogen and oxygen atoms in total. The lowest BCUT2D eigenvalue weighted by Gasteiger charge is -2.37. The van der Waals surface area contributed by atoms with Crippen molar-refractivity contribution in [2.45, 2.75) is 57.7 Å². The van der Waals surface area contributed by atoms with Crippen LogP contribution in [0.5, 0.6) is 0 Å². The van der Waals surface area contributed by atoms with Crippen molar-refractivity contribution in [3.05, 3.63) is 0 Å². The maximum atomic E-state index is 5.62. The van der Waals surface area contributed by atoms with Crippen LogP contribution in [-0.2, 0) is 0 Å². The van der Waals surface area contributed by atoms with Crippen LogP contribution in [0.15, 0.2) is 0 Å². The Kier molecular flexibility index (Phi) is 4.35. The lowest BCUT2D eigenvalue weighted by molar-refractivity contribution is 0.242. The molecule has 1 saturated heterocycles. The fourth-order valence-corrected chi connectivity index (χ4v) is 2.16. The summed E-state index contributed by atoms with van der Waals surface area (Å²) in [4.78, 5) is 0. The van der Waals surface area contributed by atoms with E-state index in [2.05, 4.69) is 31.4 Å². The molecule has 0 aromatic rings. The normalized spacial score (nSPS) is 29.1. The highest BCUT2D eigenvalue weighted by atomic mass is 15.1. The summed E-state index contributed by atoms with van der Waals surface area (Å²) in [6, 6.07) is 1.15. The molecule has 0 aromatic carbocycles. The standard InChI is InChI=1S/C11H25N3/c1-11(2,3)14-10-5-4-8-13-9(10)6-7-12/h9-10,13-14H,4-8,12H2,1-3H3. The van der Waals surface area contributed by atoms with Gasteiger partial charge in [0.15, 0.2) is 0 Å². The number of piperidine rings is 1. The van der Waals surface area contributed by atoms with E-state index in [0.717, 1.165) is 19.5 Å². The first-order valence-corrected chi connectivity index (χ1v) is 5.74. The molecule has 4 N–H and O–H groups in total. The summed E-state index contributed by atoms with van der Waals surface area (Å²) < 4.78 is 0. The number of nitrogens with two attached hydrogens (primary N) is 1. The third kappa shape index (κ3) is 3.95. The fourth-order valence-electron chi connectivity index (χ4n) is 2.16. The van der Waals surface area contributed by atoms with Crippen molar-refractivity contribution in [3.63, 3.8) is 0 Å². The maximum Gasteiger partial charge on any atom is 0.0233 e. The van der Waals surface area contributed by atoms with Gasteiger partial charge in [0.1, 0.15) is 0 Å². The molecule has 2 atom stereocenters. The van der Waals surface area contributed by atoms with E-state index in [1.54, 1.807) is 0 Å². The van der Waals surface area contributed by atoms with Crippen LogP contribution in [0.3, 0.4) is 0 Å². The molecule has 3 heteroatoms. The largest absolute Gasteiger partial charge is 0.330 e. The van der Waals surface area contributed by atoms with Crippen LogP contribution in [0.2, 0.25) is 0 Å². The van der Waals surface area contributed by atoms with Gasteiger partial charge in [-0.1, -0.05) is 0 Å². The zero-order valence-corrected chi connectivity index (χ0v) is 9.77. The summed E-state index contributed by atoms with van der Waals surface area (Å²) in [5, 5.41) is 7.23. The second-order valence-electron chi connectivity index (χ2n) is 5.28. The number of hydrogen-bond donors (Lipinski definition) is 3. The van der Waals surface area contributed by atoms with E-state index in [1.807, 2.05) is 0 Å². The van der Waals surface area contributed by atoms with E-state index in [4.69, 9.17) is 5.73 Å². The molecule has 1 rings (SSSR count). The number of hydrogen-bond acceptors (Lipinski definition) is 3. The van der Waals surface area contributed by atoms with Crippen LogP contribution in [0.4, 0.5) is 0 Å². The van der Waals surface area contributed by atoms with Crippen molar-refractivity contribution >= 4 is 0 Å². The number of nitrogens with one attached hydrogen (secondary N) is 2. The lowest BCUT2D eigenvalue weighted by atomic mass is 9.93. The van der Waals surface area contributed by atoms with Crippen molar-refractivity contribution in [1.82, 2.24) is 10.6 Å². The van der Waals surface area contributed by atoms with Crippen LogP contribution >= 0.6 is 0 Å². The summed E-state index contributed by atoms with van der Waals surface area (Å²) in [6.07, 6.45) is 3.62. The predicted molar refractivity (Wildman–Crippen MR) is 61.4 cm³/mol. The Morgan fingerprint density at radius 3 is 2.71 bits per heavy atom. The highest BCUT2D eigenvalue weighted by Crippen LogP contribution is 2.14. The van der Waals surface area contributed by atoms with Crippen LogP contribution in [0.1, 0.15) is 40.0 Å². The highest BCUT2D eigenvalue weighted by molar-refractivity contribution is 4.90. The first-order valence-electron chi connectivity index (χ1n) is 5.74. The third-order valence-corrected chi connectivity index (χ3v) is 2.68. The summed E-state index contributed by atoms with van der Waals surface area (Å²) in [6.45, 7) is 8.59. The predicted octanol–water partition coefficient (Wildman–Crippen LogP) is 0.844. The average molecular weight is 199 g/mol. The Hall–Kier alpha value is -0.120. The summed E-state index contributed by atoms with van der Waals surface area (Å²) in [7, 11) is 0. The van der Waals surface area contributed by atoms with Gasteiger partial charge in [-0.2, -0.15) is 0 Å². The molecular formula is C11H25N3. The molecular weight excluding hydrogens is 174 g/mol. The van der Waals surface area contributed by atoms with Crippen molar-refractivity contribution in [2.75, 3.05) is 13.1 Å². The molecule has 0 aromatic heterocycles. The second kappa shape index (κ2) is 5.10. The summed E-state index contributed by atoms with van der Waals surface area (Å²) >= 11 is 0. The number of rotatable bonds is 3. The van der Waals surface area contributed by atoms with E-state index in [0.29, 0.717) is 12.1 Å². The molecule has 1 aliphatic heterocycles. The van der Waals surface area contributed by atoms with Gasteiger partial charge >= 0.3 is 0 Å². The zero-order chi connectivity index (χ0) is 10.6. The van der Waals surface area contributed by atoms with Crippen molar-refractivity contribution in [1.29, 1.82) is 0 Å². The summed E-state index contributed by atoms with van der Waals surface area (Å²) in [5.74, 6) is 0. The van der Waals surface area contributed by atoms with Crippen LogP contribution in [0, 0.1) is 0 Å². The van der Waals surface area contributed by atoms with Crippen molar-refractivity contribution in [3.8, 4) is 0 Å². The first-order chi connectivity index (χ1) is 6.53. The summed E-state index contributed by atoms with van der Waals surface area (Å²) in [5.41, 5.74) is 5.82. The van der Waals surface area contributed by atoms with Crippen LogP contribution in [0.25, 0.3) is 0 Å². The van der Waals surface area contributed by atoms with Crippen molar-refractivity contribution in [2.24, 2.45) is 5.73 Å². The third-order valence-electron chi connectivity index (χ3n) is 2.68. The van der Waals surface area contributed by atoms with Crippen molar-refractivity contribution < 1.29 is 0 Å². The molecule has 0 radical (unpaired) electrons. The molecule has 1 heterocycles. The maximum absolute atomic E-state index is 5.62. The SMILES string of the molecule is CC(C)(C)NC1CCCNC1CCN. The molecule has 1 fully saturated rings. The van der Waals surface area contributed by atoms with E-state index in [-0.39, 0.29) is 5.54 Å². The van der Waals surface area contributed by atoms with E-state index in [1.165, 1.54) is 12.8 Å². The smallest absolute Gasteiger partial charge is 0.0233 e. The molecule has 84 valence electrons. The molecule has 0 spiro atoms. The minimum atomic E-state index is 0.205. The van der Waals surface area contributed by atoms with Gasteiger partial charge in [0.05, 0.1) is 0 Å². The minimum Gasteiger partial charge on any atom is -0.330 e. The van der Waals surface area contributed by atoms with Gasteiger partial charge in [0, 0.05) is 17.6 Å². The Balaban J connectivity index is 2.45. The average Bonchev–Trinajstić information content (AvgIpc) is 2.06. The van der Waals surface area contributed by atoms with Gasteiger partial charge in [-0.05, 0) is 53.1 Å². The quantitative estimate of drug-likeness (QED) is 0.631. The van der Waals surface area contributed by atoms with E-state index < -0.39 is 0 Å². The molecule has 0 amide bonds. The molecule has 14 heavy (non-hydrogen) atoms. The van der Waals surface area contributed by atoms with Crippen LogP contribution < -0.4 is 16.4 Å². The Morgan fingerprint density at radius 2 is 2.14 bits per heavy atom. The monoisotopic (exact) mass is 199 g/mol. The van der Waals surface area contributed by atoms with Gasteiger partial charge in [0.25, 0.3) is 0 Å². The van der Waals surface area contributed by atoms with E-state index in [9.17, 15) is 0 Å². The van der Waals surface area contributed by atoms with Gasteiger partial charge in [0.2, 0.25) is 0 Å². The van der Waals surface area contributed by atoms with Gasteiger partial charge in [-0.25, -0.2) is 0 Å². The molecule has 0 saturated carbocycles. The highest BCUT2D eigenvalue weighted by Gasteiger charge is 2.26. The van der Waals surface area contributed by atoms with Gasteiger partial charge in [-0.3, -0.25) is 0 Å². The van der Waals surface area contributed by atoms with Crippen LogP contribution in [-0.4, -0.2) is 30.7 Å². The lowest BCUT2D eigenvalue weighted by Crippen LogP contribution is -2.57. The molecule has 2 unspecified atom stereocenters. The molecule has 0 aliphatic carbocycles. The minimum absolute atomic E-state index is 0.205. The Morgan fingerprint density at radius 1 is 1.43 bits per heavy atom. The Labute approximate surface area is 87.8 Å². The first kappa shape index (κ1) is 12.0. The van der Waals surface area contributed by atoms with E-state index >= 15 is 0 Å².